The fraction of sp³-hybridized carbons (Fsp3) is 0.346. The van der Waals surface area contributed by atoms with E-state index in [1.807, 2.05) is 13.8 Å². The maximum absolute atomic E-state index is 15.2. The first kappa shape index (κ1) is 27.3. The molecule has 2 rings (SSSR count). The second-order valence-corrected chi connectivity index (χ2v) is 8.31. The van der Waals surface area contributed by atoms with Gasteiger partial charge in [-0.25, -0.2) is 9.18 Å². The Morgan fingerprint density at radius 1 is 1.17 bits per heavy atom. The summed E-state index contributed by atoms with van der Waals surface area (Å²) in [6.07, 6.45) is 2.12. The summed E-state index contributed by atoms with van der Waals surface area (Å²) in [5, 5.41) is 17.6. The van der Waals surface area contributed by atoms with Gasteiger partial charge in [-0.3, -0.25) is 4.99 Å². The Kier molecular flexibility index (Phi) is 10.2. The Labute approximate surface area is 205 Å². The second kappa shape index (κ2) is 13.1. The molecule has 0 spiro atoms. The van der Waals surface area contributed by atoms with Crippen LogP contribution in [-0.2, 0) is 4.74 Å². The van der Waals surface area contributed by atoms with Gasteiger partial charge in [-0.1, -0.05) is 6.58 Å². The van der Waals surface area contributed by atoms with Gasteiger partial charge in [0.1, 0.15) is 6.61 Å². The van der Waals surface area contributed by atoms with Gasteiger partial charge in [0, 0.05) is 36.9 Å². The summed E-state index contributed by atoms with van der Waals surface area (Å²) in [7, 11) is 1.54. The van der Waals surface area contributed by atoms with Gasteiger partial charge in [-0.2, -0.15) is 5.26 Å². The third-order valence-corrected chi connectivity index (χ3v) is 4.98. The number of nitrogens with one attached hydrogen (secondary N) is 3. The fourth-order valence-corrected chi connectivity index (χ4v) is 3.02. The number of aliphatic imine (C=N–C) groups is 1. The molecule has 0 saturated heterocycles. The van der Waals surface area contributed by atoms with Crippen LogP contribution >= 0.6 is 0 Å². The van der Waals surface area contributed by atoms with E-state index in [-0.39, 0.29) is 24.0 Å². The molecule has 3 N–H and O–H groups in total. The summed E-state index contributed by atoms with van der Waals surface area (Å²) in [6.45, 7) is 10.3. The van der Waals surface area contributed by atoms with Gasteiger partial charge in [0.2, 0.25) is 0 Å². The van der Waals surface area contributed by atoms with E-state index in [9.17, 15) is 4.79 Å². The quantitative estimate of drug-likeness (QED) is 0.266. The lowest BCUT2D eigenvalue weighted by Crippen LogP contribution is -2.31. The lowest BCUT2D eigenvalue weighted by molar-refractivity contribution is 0.144. The highest BCUT2D eigenvalue weighted by Crippen LogP contribution is 2.34. The molecular weight excluding hydrogens is 449 g/mol. The van der Waals surface area contributed by atoms with Crippen LogP contribution in [0.5, 0.6) is 5.75 Å². The van der Waals surface area contributed by atoms with E-state index in [4.69, 9.17) is 14.7 Å². The molecule has 0 fully saturated rings. The van der Waals surface area contributed by atoms with Crippen LogP contribution in [0.15, 0.2) is 48.0 Å². The minimum Gasteiger partial charge on any atom is -0.488 e. The van der Waals surface area contributed by atoms with Crippen molar-refractivity contribution in [1.29, 1.82) is 5.26 Å². The lowest BCUT2D eigenvalue weighted by Gasteiger charge is -2.16. The molecule has 9 heteroatoms. The van der Waals surface area contributed by atoms with Gasteiger partial charge in [-0.05, 0) is 63.6 Å². The number of benzene rings is 2. The molecule has 2 aromatic rings. The molecule has 2 aromatic carbocycles. The van der Waals surface area contributed by atoms with E-state index in [1.54, 1.807) is 50.6 Å². The predicted molar refractivity (Wildman–Crippen MR) is 138 cm³/mol. The van der Waals surface area contributed by atoms with E-state index in [2.05, 4.69) is 33.6 Å². The van der Waals surface area contributed by atoms with Crippen LogP contribution in [0.3, 0.4) is 0 Å². The zero-order valence-corrected chi connectivity index (χ0v) is 20.6. The molecule has 0 saturated carbocycles. The molecule has 0 aliphatic rings. The number of methoxy groups -OCH3 is 1. The van der Waals surface area contributed by atoms with Crippen molar-refractivity contribution in [3.63, 3.8) is 0 Å². The summed E-state index contributed by atoms with van der Waals surface area (Å²) >= 11 is 0. The van der Waals surface area contributed by atoms with Crippen LogP contribution < -0.4 is 20.7 Å². The van der Waals surface area contributed by atoms with E-state index >= 15 is 4.39 Å². The first-order valence-electron chi connectivity index (χ1n) is 11.2. The fourth-order valence-electron chi connectivity index (χ4n) is 3.02. The van der Waals surface area contributed by atoms with E-state index < -0.39 is 11.2 Å². The number of nitriles is 1. The van der Waals surface area contributed by atoms with Crippen LogP contribution in [0, 0.1) is 22.6 Å². The van der Waals surface area contributed by atoms with Crippen molar-refractivity contribution < 1.29 is 18.7 Å². The molecule has 0 radical (unpaired) electrons. The van der Waals surface area contributed by atoms with Crippen LogP contribution in [0.4, 0.5) is 26.2 Å². The summed E-state index contributed by atoms with van der Waals surface area (Å²) in [5.74, 6) is -0.491. The highest BCUT2D eigenvalue weighted by Gasteiger charge is 2.18. The van der Waals surface area contributed by atoms with Crippen LogP contribution in [0.2, 0.25) is 0 Å². The maximum atomic E-state index is 15.2. The van der Waals surface area contributed by atoms with Crippen molar-refractivity contribution in [2.75, 3.05) is 37.5 Å². The molecule has 35 heavy (non-hydrogen) atoms. The van der Waals surface area contributed by atoms with Gasteiger partial charge < -0.3 is 25.4 Å². The van der Waals surface area contributed by atoms with Crippen LogP contribution in [0.25, 0.3) is 5.70 Å². The smallest absolute Gasteiger partial charge is 0.319 e. The van der Waals surface area contributed by atoms with Crippen molar-refractivity contribution in [1.82, 2.24) is 5.32 Å². The first-order valence-corrected chi connectivity index (χ1v) is 11.2. The zero-order valence-electron chi connectivity index (χ0n) is 20.6. The summed E-state index contributed by atoms with van der Waals surface area (Å²) in [6, 6.07) is 11.9. The van der Waals surface area contributed by atoms with Crippen LogP contribution in [0.1, 0.15) is 32.8 Å². The number of urea groups is 1. The molecule has 186 valence electrons. The zero-order chi connectivity index (χ0) is 25.8. The van der Waals surface area contributed by atoms with E-state index in [0.717, 1.165) is 0 Å². The maximum Gasteiger partial charge on any atom is 0.319 e. The number of amides is 2. The number of rotatable bonds is 12. The molecule has 0 aliphatic carbocycles. The minimum absolute atomic E-state index is 0.0822. The molecule has 0 unspecified atom stereocenters. The Hall–Kier alpha value is -3.90. The molecule has 0 bridgehead atoms. The summed E-state index contributed by atoms with van der Waals surface area (Å²) in [5.41, 5.74) is 1.64. The molecular formula is C26H32FN5O3. The number of hydrogen-bond donors (Lipinski definition) is 3. The standard InChI is InChI=1S/C26H32FN5O3/c1-6-29-21-11-12-22(35-16-15-34-5)24(27)23(21)18(2)31-19-7-9-20(10-8-19)32-25(33)30-14-13-26(3,4)17-28/h6-12,31H,2,13-16H2,1,3-5H3,(H2,30,32,33). The third-order valence-electron chi connectivity index (χ3n) is 4.98. The Morgan fingerprint density at radius 3 is 2.43 bits per heavy atom. The second-order valence-electron chi connectivity index (χ2n) is 8.31. The molecule has 0 atom stereocenters. The topological polar surface area (TPSA) is 108 Å². The SMILES string of the molecule is C=C(Nc1ccc(NC(=O)NCCC(C)(C)C#N)cc1)c1c(N=CC)ccc(OCCOC)c1F. The van der Waals surface area contributed by atoms with Gasteiger partial charge in [0.25, 0.3) is 0 Å². The first-order chi connectivity index (χ1) is 16.7. The predicted octanol–water partition coefficient (Wildman–Crippen LogP) is 5.72. The molecule has 0 aliphatic heterocycles. The molecule has 8 nitrogen and oxygen atoms in total. The average Bonchev–Trinajstić information content (AvgIpc) is 2.82. The average molecular weight is 482 g/mol. The van der Waals surface area contributed by atoms with E-state index in [0.29, 0.717) is 42.3 Å². The van der Waals surface area contributed by atoms with Gasteiger partial charge >= 0.3 is 6.03 Å². The number of halogens is 1. The Morgan fingerprint density at radius 2 is 1.83 bits per heavy atom. The number of carbonyl (C=O) groups is 1. The van der Waals surface area contributed by atoms with Crippen molar-refractivity contribution in [2.24, 2.45) is 10.4 Å². The van der Waals surface area contributed by atoms with Gasteiger partial charge in [0.05, 0.1) is 29.3 Å². The summed E-state index contributed by atoms with van der Waals surface area (Å²) in [4.78, 5) is 16.3. The van der Waals surface area contributed by atoms with Gasteiger partial charge in [0.15, 0.2) is 11.6 Å². The molecule has 0 aromatic heterocycles. The monoisotopic (exact) mass is 481 g/mol. The van der Waals surface area contributed by atoms with Crippen molar-refractivity contribution in [3.8, 4) is 11.8 Å². The minimum atomic E-state index is -0.573. The van der Waals surface area contributed by atoms with Crippen molar-refractivity contribution in [3.05, 3.63) is 54.4 Å². The molecule has 0 heterocycles. The number of nitrogens with zero attached hydrogens (tertiary/aromatic N) is 2. The molecule has 2 amide bonds. The Bertz CT molecular complexity index is 1090. The van der Waals surface area contributed by atoms with E-state index in [1.165, 1.54) is 6.07 Å². The highest BCUT2D eigenvalue weighted by atomic mass is 19.1. The number of anilines is 2. The Balaban J connectivity index is 2.06. The number of carbonyl (C=O) groups excluding carboxylic acids is 1. The largest absolute Gasteiger partial charge is 0.488 e. The van der Waals surface area contributed by atoms with Gasteiger partial charge in [-0.15, -0.1) is 0 Å². The third kappa shape index (κ3) is 8.43. The van der Waals surface area contributed by atoms with Crippen molar-refractivity contribution >= 4 is 35.0 Å². The van der Waals surface area contributed by atoms with Crippen molar-refractivity contribution in [2.45, 2.75) is 27.2 Å². The normalized spacial score (nSPS) is 11.1. The number of ether oxygens (including phenoxy) is 2. The number of hydrogen-bond acceptors (Lipinski definition) is 6. The highest BCUT2D eigenvalue weighted by molar-refractivity contribution is 5.90. The van der Waals surface area contributed by atoms with Crippen LogP contribution in [-0.4, -0.2) is 39.1 Å². The lowest BCUT2D eigenvalue weighted by atomic mass is 9.92. The summed E-state index contributed by atoms with van der Waals surface area (Å²) < 4.78 is 25.7.